The van der Waals surface area contributed by atoms with Crippen molar-refractivity contribution in [1.82, 2.24) is 4.90 Å². The largest absolute Gasteiger partial charge is 0.497 e. The van der Waals surface area contributed by atoms with Crippen LogP contribution in [0, 0.1) is 10.1 Å². The van der Waals surface area contributed by atoms with Gasteiger partial charge in [0.1, 0.15) is 18.0 Å². The van der Waals surface area contributed by atoms with Gasteiger partial charge in [0.05, 0.1) is 24.8 Å². The van der Waals surface area contributed by atoms with E-state index in [1.165, 1.54) is 44.6 Å². The summed E-state index contributed by atoms with van der Waals surface area (Å²) in [5.41, 5.74) is -0.493. The number of piperidine rings is 1. The molecule has 3 rings (SSSR count). The molecular weight excluding hydrogens is 438 g/mol. The number of carbonyl (C=O) groups excluding carboxylic acids is 1. The number of sulfonamides is 1. The number of amides is 1. The molecular formula is C21H25N3O7S. The van der Waals surface area contributed by atoms with E-state index in [-0.39, 0.29) is 17.3 Å². The summed E-state index contributed by atoms with van der Waals surface area (Å²) < 4.78 is 38.7. The van der Waals surface area contributed by atoms with Gasteiger partial charge in [-0.15, -0.1) is 0 Å². The lowest BCUT2D eigenvalue weighted by molar-refractivity contribution is -0.387. The second-order valence-electron chi connectivity index (χ2n) is 7.22. The quantitative estimate of drug-likeness (QED) is 0.436. The zero-order chi connectivity index (χ0) is 23.3. The van der Waals surface area contributed by atoms with E-state index >= 15 is 0 Å². The fraction of sp³-hybridized carbons (Fsp3) is 0.381. The molecule has 1 aliphatic rings. The van der Waals surface area contributed by atoms with Gasteiger partial charge in [0, 0.05) is 25.2 Å². The summed E-state index contributed by atoms with van der Waals surface area (Å²) in [7, 11) is -1.68. The molecule has 0 atom stereocenters. The van der Waals surface area contributed by atoms with E-state index in [2.05, 4.69) is 0 Å². The van der Waals surface area contributed by atoms with E-state index in [0.717, 1.165) is 35.7 Å². The van der Waals surface area contributed by atoms with Crippen molar-refractivity contribution < 1.29 is 27.6 Å². The van der Waals surface area contributed by atoms with Crippen molar-refractivity contribution in [1.29, 1.82) is 0 Å². The summed E-state index contributed by atoms with van der Waals surface area (Å²) >= 11 is 0. The topological polar surface area (TPSA) is 119 Å². The lowest BCUT2D eigenvalue weighted by Crippen LogP contribution is -2.45. The average Bonchev–Trinajstić information content (AvgIpc) is 2.82. The Morgan fingerprint density at radius 2 is 1.78 bits per heavy atom. The average molecular weight is 464 g/mol. The van der Waals surface area contributed by atoms with Crippen molar-refractivity contribution in [3.05, 3.63) is 52.6 Å². The fourth-order valence-corrected chi connectivity index (χ4v) is 5.19. The highest BCUT2D eigenvalue weighted by Crippen LogP contribution is 2.37. The summed E-state index contributed by atoms with van der Waals surface area (Å²) in [6.45, 7) is 0.562. The second kappa shape index (κ2) is 9.86. The Morgan fingerprint density at radius 1 is 1.09 bits per heavy atom. The Bertz CT molecular complexity index is 1100. The number of hydrogen-bond donors (Lipinski definition) is 0. The Balaban J connectivity index is 2.12. The van der Waals surface area contributed by atoms with Crippen LogP contribution in [-0.2, 0) is 14.8 Å². The maximum Gasteiger partial charge on any atom is 0.289 e. The Hall–Kier alpha value is -3.34. The molecule has 0 N–H and O–H groups in total. The van der Waals surface area contributed by atoms with Crippen molar-refractivity contribution in [3.8, 4) is 11.5 Å². The van der Waals surface area contributed by atoms with E-state index in [1.54, 1.807) is 4.90 Å². The minimum absolute atomic E-state index is 0.0804. The van der Waals surface area contributed by atoms with Gasteiger partial charge in [-0.25, -0.2) is 8.42 Å². The molecule has 0 aromatic heterocycles. The fourth-order valence-electron chi connectivity index (χ4n) is 3.60. The highest BCUT2D eigenvalue weighted by Gasteiger charge is 2.35. The van der Waals surface area contributed by atoms with E-state index in [4.69, 9.17) is 9.47 Å². The lowest BCUT2D eigenvalue weighted by atomic mass is 10.1. The van der Waals surface area contributed by atoms with Crippen LogP contribution < -0.4 is 13.8 Å². The summed E-state index contributed by atoms with van der Waals surface area (Å²) in [4.78, 5) is 24.9. The van der Waals surface area contributed by atoms with Gasteiger partial charge in [-0.2, -0.15) is 0 Å². The third-order valence-corrected chi connectivity index (χ3v) is 7.08. The first-order valence-corrected chi connectivity index (χ1v) is 11.5. The number of anilines is 1. The third kappa shape index (κ3) is 4.77. The molecule has 1 aliphatic heterocycles. The lowest BCUT2D eigenvalue weighted by Gasteiger charge is -2.31. The number of hydrogen-bond acceptors (Lipinski definition) is 7. The van der Waals surface area contributed by atoms with E-state index in [0.29, 0.717) is 18.8 Å². The first kappa shape index (κ1) is 23.3. The molecule has 172 valence electrons. The Labute approximate surface area is 186 Å². The number of likely N-dealkylation sites (tertiary alicyclic amines) is 1. The number of rotatable bonds is 8. The van der Waals surface area contributed by atoms with Crippen LogP contribution in [0.5, 0.6) is 11.5 Å². The van der Waals surface area contributed by atoms with E-state index in [9.17, 15) is 23.3 Å². The zero-order valence-corrected chi connectivity index (χ0v) is 18.7. The van der Waals surface area contributed by atoms with Crippen LogP contribution in [0.1, 0.15) is 19.3 Å². The number of nitrogens with zero attached hydrogens (tertiary/aromatic N) is 3. The maximum absolute atomic E-state index is 13.7. The molecule has 0 saturated carbocycles. The SMILES string of the molecule is COc1ccc(N(CC(=O)N2CCCCC2)S(=O)(=O)c2ccccc2[N+](=O)[O-])c(OC)c1. The van der Waals surface area contributed by atoms with Gasteiger partial charge in [-0.05, 0) is 37.5 Å². The van der Waals surface area contributed by atoms with Crippen molar-refractivity contribution in [3.63, 3.8) is 0 Å². The molecule has 1 amide bonds. The molecule has 0 aliphatic carbocycles. The van der Waals surface area contributed by atoms with E-state index < -0.39 is 32.1 Å². The predicted molar refractivity (Wildman–Crippen MR) is 118 cm³/mol. The number of nitro groups is 1. The molecule has 11 heteroatoms. The first-order chi connectivity index (χ1) is 15.3. The molecule has 0 spiro atoms. The zero-order valence-electron chi connectivity index (χ0n) is 17.9. The third-order valence-electron chi connectivity index (χ3n) is 5.27. The molecule has 2 aromatic rings. The normalized spacial score (nSPS) is 14.0. The van der Waals surface area contributed by atoms with Gasteiger partial charge < -0.3 is 14.4 Å². The van der Waals surface area contributed by atoms with Gasteiger partial charge in [-0.1, -0.05) is 12.1 Å². The smallest absolute Gasteiger partial charge is 0.289 e. The van der Waals surface area contributed by atoms with Crippen LogP contribution in [0.3, 0.4) is 0 Å². The maximum atomic E-state index is 13.7. The number of para-hydroxylation sites is 1. The van der Waals surface area contributed by atoms with Crippen molar-refractivity contribution >= 4 is 27.3 Å². The van der Waals surface area contributed by atoms with Crippen molar-refractivity contribution in [2.75, 3.05) is 38.2 Å². The number of carbonyl (C=O) groups is 1. The summed E-state index contributed by atoms with van der Waals surface area (Å²) in [6, 6.07) is 9.52. The van der Waals surface area contributed by atoms with Gasteiger partial charge in [0.15, 0.2) is 4.90 Å². The van der Waals surface area contributed by atoms with Crippen LogP contribution >= 0.6 is 0 Å². The highest BCUT2D eigenvalue weighted by atomic mass is 32.2. The summed E-state index contributed by atoms with van der Waals surface area (Å²) in [6.07, 6.45) is 2.69. The van der Waals surface area contributed by atoms with Crippen molar-refractivity contribution in [2.45, 2.75) is 24.2 Å². The van der Waals surface area contributed by atoms with Crippen LogP contribution in [-0.4, -0.2) is 58.0 Å². The monoisotopic (exact) mass is 463 g/mol. The molecule has 1 fully saturated rings. The molecule has 2 aromatic carbocycles. The summed E-state index contributed by atoms with van der Waals surface area (Å²) in [5.74, 6) is 0.193. The number of benzene rings is 2. The summed E-state index contributed by atoms with van der Waals surface area (Å²) in [5, 5.41) is 11.5. The number of methoxy groups -OCH3 is 2. The molecule has 10 nitrogen and oxygen atoms in total. The van der Waals surface area contributed by atoms with Crippen LogP contribution in [0.4, 0.5) is 11.4 Å². The van der Waals surface area contributed by atoms with E-state index in [1.807, 2.05) is 0 Å². The minimum Gasteiger partial charge on any atom is -0.497 e. The molecule has 0 unspecified atom stereocenters. The van der Waals surface area contributed by atoms with Gasteiger partial charge in [0.2, 0.25) is 5.91 Å². The van der Waals surface area contributed by atoms with Gasteiger partial charge in [-0.3, -0.25) is 19.2 Å². The van der Waals surface area contributed by atoms with Crippen LogP contribution in [0.25, 0.3) is 0 Å². The van der Waals surface area contributed by atoms with Crippen LogP contribution in [0.15, 0.2) is 47.4 Å². The Kier molecular flexibility index (Phi) is 7.18. The predicted octanol–water partition coefficient (Wildman–Crippen LogP) is 2.82. The minimum atomic E-state index is -4.49. The van der Waals surface area contributed by atoms with Crippen molar-refractivity contribution in [2.24, 2.45) is 0 Å². The Morgan fingerprint density at radius 3 is 2.41 bits per heavy atom. The molecule has 0 radical (unpaired) electrons. The first-order valence-electron chi connectivity index (χ1n) is 10.1. The molecule has 32 heavy (non-hydrogen) atoms. The molecule has 1 saturated heterocycles. The van der Waals surface area contributed by atoms with Crippen LogP contribution in [0.2, 0.25) is 0 Å². The standard InChI is InChI=1S/C21H25N3O7S/c1-30-16-10-11-17(19(14-16)31-2)23(15-21(25)22-12-6-3-7-13-22)32(28,29)20-9-5-4-8-18(20)24(26)27/h4-5,8-11,14H,3,6-7,12-13,15H2,1-2H3. The molecule has 1 heterocycles. The van der Waals surface area contributed by atoms with Gasteiger partial charge >= 0.3 is 0 Å². The molecule has 0 bridgehead atoms. The second-order valence-corrected chi connectivity index (χ2v) is 9.05. The van der Waals surface area contributed by atoms with Gasteiger partial charge in [0.25, 0.3) is 15.7 Å². The highest BCUT2D eigenvalue weighted by molar-refractivity contribution is 7.93. The number of nitro benzene ring substituents is 1. The number of ether oxygens (including phenoxy) is 2.